The maximum absolute atomic E-state index is 8.03. The van der Waals surface area contributed by atoms with Crippen LogP contribution in [-0.4, -0.2) is 58.3 Å². The van der Waals surface area contributed by atoms with Gasteiger partial charge in [-0.05, 0) is 27.7 Å². The summed E-state index contributed by atoms with van der Waals surface area (Å²) < 4.78 is 0. The van der Waals surface area contributed by atoms with Crippen molar-refractivity contribution in [3.05, 3.63) is 36.3 Å². The van der Waals surface area contributed by atoms with Crippen LogP contribution < -0.4 is 0 Å². The predicted octanol–water partition coefficient (Wildman–Crippen LogP) is 4.51. The van der Waals surface area contributed by atoms with Gasteiger partial charge in [0, 0.05) is 0 Å². The second-order valence-electron chi connectivity index (χ2n) is 6.44. The number of allylic oxidation sites excluding steroid dienone is 2. The first-order chi connectivity index (χ1) is 12.4. The maximum Gasteiger partial charge on any atom is 2.00 e. The standard InChI is InChI=1S/C5H6N.2C4H8N2O2.C4H11Si.Co/c1-2-4-6-5-3-1;2*1-3(5-7)4(2)6-8;1-5(2,3)4;/h1-4H,5H2;2*7-8H,1-2H3;1H2,2-4H3;/q-1;;;-1;+2/b;2*5-3+,6-4+;;. The summed E-state index contributed by atoms with van der Waals surface area (Å²) in [6, 6.07) is 0. The molecular weight excluding hydrogens is 425 g/mol. The van der Waals surface area contributed by atoms with E-state index in [0.29, 0.717) is 22.8 Å². The summed E-state index contributed by atoms with van der Waals surface area (Å²) in [4.78, 5) is 0. The Balaban J connectivity index is -0.000000138. The van der Waals surface area contributed by atoms with E-state index in [4.69, 9.17) is 20.8 Å². The van der Waals surface area contributed by atoms with Gasteiger partial charge in [0.25, 0.3) is 0 Å². The Kier molecular flexibility index (Phi) is 25.3. The molecule has 1 radical (unpaired) electrons. The fourth-order valence-corrected chi connectivity index (χ4v) is 0.661. The van der Waals surface area contributed by atoms with Gasteiger partial charge in [0.1, 0.15) is 22.8 Å². The summed E-state index contributed by atoms with van der Waals surface area (Å²) in [6.07, 6.45) is 7.73. The van der Waals surface area contributed by atoms with Crippen molar-refractivity contribution in [3.8, 4) is 0 Å². The van der Waals surface area contributed by atoms with Gasteiger partial charge >= 0.3 is 16.8 Å². The summed E-state index contributed by atoms with van der Waals surface area (Å²) in [7, 11) is -0.861. The smallest absolute Gasteiger partial charge is 0.687 e. The zero-order valence-corrected chi connectivity index (χ0v) is 19.6. The molecule has 0 spiro atoms. The minimum absolute atomic E-state index is 0. The van der Waals surface area contributed by atoms with Crippen molar-refractivity contribution in [1.29, 1.82) is 0 Å². The molecule has 0 aromatic carbocycles. The minimum atomic E-state index is -0.861. The van der Waals surface area contributed by atoms with E-state index in [2.05, 4.69) is 52.1 Å². The maximum atomic E-state index is 8.03. The van der Waals surface area contributed by atoms with Crippen molar-refractivity contribution in [3.63, 3.8) is 0 Å². The van der Waals surface area contributed by atoms with Crippen LogP contribution in [0.1, 0.15) is 27.7 Å². The Hall–Kier alpha value is -2.12. The van der Waals surface area contributed by atoms with E-state index in [-0.39, 0.29) is 16.8 Å². The monoisotopic (exact) mass is 458 g/mol. The first-order valence-corrected chi connectivity index (χ1v) is 11.7. The van der Waals surface area contributed by atoms with Crippen molar-refractivity contribution < 1.29 is 37.6 Å². The summed E-state index contributed by atoms with van der Waals surface area (Å²) in [5, 5.41) is 47.2. The predicted molar refractivity (Wildman–Crippen MR) is 115 cm³/mol. The normalized spacial score (nSPS) is 14.0. The average Bonchev–Trinajstić information content (AvgIpc) is 2.66. The van der Waals surface area contributed by atoms with Crippen molar-refractivity contribution in [2.75, 3.05) is 6.54 Å². The molecule has 0 aliphatic carbocycles. The van der Waals surface area contributed by atoms with Gasteiger partial charge in [-0.3, -0.25) is 0 Å². The molecule has 0 unspecified atom stereocenters. The van der Waals surface area contributed by atoms with E-state index >= 15 is 0 Å². The van der Waals surface area contributed by atoms with Crippen LogP contribution in [0.5, 0.6) is 0 Å². The van der Waals surface area contributed by atoms with Crippen LogP contribution in [0, 0.1) is 6.55 Å². The number of nitrogens with zero attached hydrogens (tertiary/aromatic N) is 5. The molecule has 163 valence electrons. The van der Waals surface area contributed by atoms with Gasteiger partial charge in [-0.2, -0.15) is 6.20 Å². The molecule has 1 rings (SSSR count). The summed E-state index contributed by atoms with van der Waals surface area (Å²) in [5.41, 5.74) is 1.25. The number of hydrogen-bond donors (Lipinski definition) is 4. The quantitative estimate of drug-likeness (QED) is 0.159. The van der Waals surface area contributed by atoms with Gasteiger partial charge in [0.05, 0.1) is 0 Å². The number of oxime groups is 4. The van der Waals surface area contributed by atoms with Gasteiger partial charge in [0.15, 0.2) is 0 Å². The van der Waals surface area contributed by atoms with E-state index in [1.165, 1.54) is 27.7 Å². The molecule has 9 nitrogen and oxygen atoms in total. The Labute approximate surface area is 179 Å². The molecule has 0 bridgehead atoms. The summed E-state index contributed by atoms with van der Waals surface area (Å²) in [5.74, 6) is 0. The van der Waals surface area contributed by atoms with Crippen molar-refractivity contribution in [2.24, 2.45) is 20.6 Å². The van der Waals surface area contributed by atoms with Gasteiger partial charge in [-0.25, -0.2) is 0 Å². The molecule has 1 heterocycles. The van der Waals surface area contributed by atoms with Crippen LogP contribution in [0.3, 0.4) is 0 Å². The van der Waals surface area contributed by atoms with Crippen LogP contribution in [0.2, 0.25) is 19.6 Å². The SMILES string of the molecule is C1=CC[N-]C=C1.CC(=N\O)/C(C)=N/O.CC(=N\O)/C(C)=N/O.[CH2-][Si](C)(C)C.[Co+2]. The largest absolute Gasteiger partial charge is 2.00 e. The molecule has 0 aromatic rings. The molecule has 11 heteroatoms. The molecule has 0 saturated carbocycles. The van der Waals surface area contributed by atoms with Gasteiger partial charge in [0.2, 0.25) is 0 Å². The molecule has 1 aliphatic heterocycles. The first kappa shape index (κ1) is 33.5. The minimum Gasteiger partial charge on any atom is -0.687 e. The fourth-order valence-electron chi connectivity index (χ4n) is 0.661. The average molecular weight is 459 g/mol. The summed E-state index contributed by atoms with van der Waals surface area (Å²) in [6.45, 7) is 17.6. The zero-order chi connectivity index (χ0) is 21.9. The Morgan fingerprint density at radius 3 is 1.14 bits per heavy atom. The molecule has 0 atom stereocenters. The Morgan fingerprint density at radius 1 is 0.786 bits per heavy atom. The number of hydrogen-bond acceptors (Lipinski definition) is 8. The molecule has 4 N–H and O–H groups in total. The van der Waals surface area contributed by atoms with E-state index in [0.717, 1.165) is 6.54 Å². The zero-order valence-electron chi connectivity index (χ0n) is 17.6. The first-order valence-electron chi connectivity index (χ1n) is 8.03. The van der Waals surface area contributed by atoms with Crippen LogP contribution >= 0.6 is 0 Å². The second-order valence-corrected chi connectivity index (χ2v) is 11.6. The Bertz CT molecular complexity index is 486. The van der Waals surface area contributed by atoms with Crippen molar-refractivity contribution in [2.45, 2.75) is 47.3 Å². The van der Waals surface area contributed by atoms with E-state index < -0.39 is 8.07 Å². The third-order valence-electron chi connectivity index (χ3n) is 2.30. The Morgan fingerprint density at radius 2 is 1.07 bits per heavy atom. The van der Waals surface area contributed by atoms with Gasteiger partial charge < -0.3 is 32.7 Å². The van der Waals surface area contributed by atoms with Crippen molar-refractivity contribution in [1.82, 2.24) is 0 Å². The van der Waals surface area contributed by atoms with Crippen LogP contribution in [-0.2, 0) is 16.8 Å². The third-order valence-corrected chi connectivity index (χ3v) is 2.30. The van der Waals surface area contributed by atoms with Crippen LogP contribution in [0.25, 0.3) is 5.32 Å². The molecule has 0 fully saturated rings. The van der Waals surface area contributed by atoms with Crippen molar-refractivity contribution >= 4 is 30.9 Å². The second kappa shape index (κ2) is 21.2. The molecule has 1 aliphatic rings. The molecule has 0 saturated heterocycles. The molecule has 0 aromatic heterocycles. The third kappa shape index (κ3) is 31.6. The van der Waals surface area contributed by atoms with Gasteiger partial charge in [-0.15, -0.1) is 20.7 Å². The van der Waals surface area contributed by atoms with E-state index in [9.17, 15) is 0 Å². The topological polar surface area (TPSA) is 144 Å². The van der Waals surface area contributed by atoms with E-state index in [1.807, 2.05) is 18.2 Å². The fraction of sp³-hybridized carbons (Fsp3) is 0.471. The van der Waals surface area contributed by atoms with Crippen LogP contribution in [0.15, 0.2) is 45.1 Å². The van der Waals surface area contributed by atoms with Gasteiger partial charge in [-0.1, -0.05) is 52.4 Å². The molecule has 28 heavy (non-hydrogen) atoms. The van der Waals surface area contributed by atoms with Crippen LogP contribution in [0.4, 0.5) is 0 Å². The molecule has 0 amide bonds. The molecular formula is C17H33CoN5O4Si. The summed E-state index contributed by atoms with van der Waals surface area (Å²) >= 11 is 0. The number of rotatable bonds is 2. The van der Waals surface area contributed by atoms with E-state index in [1.54, 1.807) is 6.20 Å².